The molecule has 0 aromatic heterocycles. The summed E-state index contributed by atoms with van der Waals surface area (Å²) >= 11 is 0. The molecule has 0 spiro atoms. The lowest BCUT2D eigenvalue weighted by molar-refractivity contribution is -0.157. The van der Waals surface area contributed by atoms with Gasteiger partial charge in [0.1, 0.15) is 0 Å². The maximum absolute atomic E-state index is 5.83. The second-order valence-electron chi connectivity index (χ2n) is 5.15. The van der Waals surface area contributed by atoms with Crippen LogP contribution in [0.15, 0.2) is 40.3 Å². The van der Waals surface area contributed by atoms with Crippen molar-refractivity contribution in [1.29, 1.82) is 0 Å². The van der Waals surface area contributed by atoms with Gasteiger partial charge in [-0.05, 0) is 32.3 Å². The van der Waals surface area contributed by atoms with Crippen molar-refractivity contribution in [2.45, 2.75) is 32.4 Å². The van der Waals surface area contributed by atoms with Crippen molar-refractivity contribution in [3.05, 3.63) is 35.9 Å². The number of benzene rings is 1. The molecular formula is C14H22BrN5O. The highest BCUT2D eigenvalue weighted by molar-refractivity contribution is 8.93. The number of aliphatic imine (C=N–C) groups is 2. The van der Waals surface area contributed by atoms with Crippen LogP contribution in [0.5, 0.6) is 0 Å². The summed E-state index contributed by atoms with van der Waals surface area (Å²) in [5.41, 5.74) is 12.1. The lowest BCUT2D eigenvalue weighted by atomic mass is 10.1. The Morgan fingerprint density at radius 2 is 1.86 bits per heavy atom. The predicted molar refractivity (Wildman–Crippen MR) is 90.2 cm³/mol. The first-order valence-corrected chi connectivity index (χ1v) is 6.65. The van der Waals surface area contributed by atoms with E-state index in [0.29, 0.717) is 6.61 Å². The van der Waals surface area contributed by atoms with E-state index in [1.807, 2.05) is 32.0 Å². The van der Waals surface area contributed by atoms with Gasteiger partial charge >= 0.3 is 0 Å². The van der Waals surface area contributed by atoms with Gasteiger partial charge in [0, 0.05) is 0 Å². The Labute approximate surface area is 135 Å². The molecule has 1 aromatic carbocycles. The molecular weight excluding hydrogens is 334 g/mol. The first-order chi connectivity index (χ1) is 9.49. The first kappa shape index (κ1) is 17.5. The van der Waals surface area contributed by atoms with E-state index in [4.69, 9.17) is 16.3 Å². The van der Waals surface area contributed by atoms with E-state index in [9.17, 15) is 0 Å². The Balaban J connectivity index is 0.00000220. The van der Waals surface area contributed by atoms with E-state index >= 15 is 0 Å². The third kappa shape index (κ3) is 4.71. The fourth-order valence-electron chi connectivity index (χ4n) is 2.09. The summed E-state index contributed by atoms with van der Waals surface area (Å²) < 4.78 is 0. The fraction of sp³-hybridized carbons (Fsp3) is 0.429. The number of nitrogens with two attached hydrogens (primary N) is 2. The smallest absolute Gasteiger partial charge is 0.226 e. The van der Waals surface area contributed by atoms with Crippen LogP contribution in [0, 0.1) is 0 Å². The fourth-order valence-corrected chi connectivity index (χ4v) is 2.09. The number of rotatable bonds is 5. The van der Waals surface area contributed by atoms with Crippen LogP contribution in [-0.4, -0.2) is 29.3 Å². The van der Waals surface area contributed by atoms with Gasteiger partial charge in [0.25, 0.3) is 0 Å². The summed E-state index contributed by atoms with van der Waals surface area (Å²) in [5.74, 6) is 0.416. The molecule has 21 heavy (non-hydrogen) atoms. The van der Waals surface area contributed by atoms with E-state index < -0.39 is 5.66 Å². The minimum atomic E-state index is -0.636. The van der Waals surface area contributed by atoms with Crippen molar-refractivity contribution in [3.8, 4) is 0 Å². The highest BCUT2D eigenvalue weighted by Crippen LogP contribution is 2.19. The molecule has 116 valence electrons. The van der Waals surface area contributed by atoms with E-state index in [0.717, 1.165) is 12.8 Å². The summed E-state index contributed by atoms with van der Waals surface area (Å²) in [5, 5.41) is 1.51. The van der Waals surface area contributed by atoms with Crippen LogP contribution < -0.4 is 11.5 Å². The van der Waals surface area contributed by atoms with Gasteiger partial charge in [0.15, 0.2) is 5.66 Å². The molecule has 7 heteroatoms. The second kappa shape index (κ2) is 7.42. The van der Waals surface area contributed by atoms with Crippen LogP contribution in [0.2, 0.25) is 0 Å². The van der Waals surface area contributed by atoms with Crippen molar-refractivity contribution in [2.24, 2.45) is 21.5 Å². The number of hydrogen-bond donors (Lipinski definition) is 2. The van der Waals surface area contributed by atoms with Gasteiger partial charge in [-0.3, -0.25) is 4.84 Å². The number of aryl methyl sites for hydroxylation is 1. The van der Waals surface area contributed by atoms with Crippen molar-refractivity contribution >= 4 is 28.9 Å². The molecule has 2 rings (SSSR count). The minimum absolute atomic E-state index is 0. The van der Waals surface area contributed by atoms with E-state index in [1.54, 1.807) is 0 Å². The van der Waals surface area contributed by atoms with Crippen LogP contribution >= 0.6 is 17.0 Å². The topological polar surface area (TPSA) is 89.2 Å². The average Bonchev–Trinajstić information content (AvgIpc) is 2.37. The third-order valence-corrected chi connectivity index (χ3v) is 3.00. The first-order valence-electron chi connectivity index (χ1n) is 6.65. The summed E-state index contributed by atoms with van der Waals surface area (Å²) in [4.78, 5) is 13.8. The minimum Gasteiger partial charge on any atom is -0.368 e. The molecule has 0 atom stereocenters. The summed E-state index contributed by atoms with van der Waals surface area (Å²) in [6, 6.07) is 10.3. The lowest BCUT2D eigenvalue weighted by Crippen LogP contribution is -2.53. The molecule has 1 aromatic rings. The van der Waals surface area contributed by atoms with Crippen LogP contribution in [0.25, 0.3) is 0 Å². The highest BCUT2D eigenvalue weighted by atomic mass is 79.9. The largest absolute Gasteiger partial charge is 0.368 e. The van der Waals surface area contributed by atoms with Gasteiger partial charge in [0.2, 0.25) is 11.9 Å². The number of guanidine groups is 2. The zero-order chi connectivity index (χ0) is 14.6. The lowest BCUT2D eigenvalue weighted by Gasteiger charge is -2.36. The van der Waals surface area contributed by atoms with Gasteiger partial charge in [-0.2, -0.15) is 10.1 Å². The summed E-state index contributed by atoms with van der Waals surface area (Å²) in [7, 11) is 0. The molecule has 1 aliphatic rings. The van der Waals surface area contributed by atoms with Crippen LogP contribution in [0.3, 0.4) is 0 Å². The zero-order valence-electron chi connectivity index (χ0n) is 12.3. The molecule has 0 saturated carbocycles. The molecule has 0 fully saturated rings. The molecule has 6 nitrogen and oxygen atoms in total. The van der Waals surface area contributed by atoms with Gasteiger partial charge in [-0.15, -0.1) is 17.0 Å². The Morgan fingerprint density at radius 3 is 2.48 bits per heavy atom. The number of hydrogen-bond acceptors (Lipinski definition) is 6. The van der Waals surface area contributed by atoms with Crippen molar-refractivity contribution in [3.63, 3.8) is 0 Å². The molecule has 0 amide bonds. The van der Waals surface area contributed by atoms with Gasteiger partial charge in [0.05, 0.1) is 6.61 Å². The maximum Gasteiger partial charge on any atom is 0.226 e. The Morgan fingerprint density at radius 1 is 1.19 bits per heavy atom. The highest BCUT2D eigenvalue weighted by Gasteiger charge is 2.32. The Bertz CT molecular complexity index is 515. The standard InChI is InChI=1S/C14H21N5O.BrH/c1-14(2)18-12(15)17-13(16)19(14)20-10-6-9-11-7-4-3-5-8-11;/h3-5,7-8H,6,9-10H2,1-2H3,(H4,15,16,17,18);1H. The Kier molecular flexibility index (Phi) is 6.17. The zero-order valence-corrected chi connectivity index (χ0v) is 14.0. The van der Waals surface area contributed by atoms with Crippen molar-refractivity contribution < 1.29 is 4.84 Å². The molecule has 0 radical (unpaired) electrons. The molecule has 0 unspecified atom stereocenters. The van der Waals surface area contributed by atoms with Gasteiger partial charge < -0.3 is 11.5 Å². The normalized spacial score (nSPS) is 16.8. The second-order valence-corrected chi connectivity index (χ2v) is 5.15. The van der Waals surface area contributed by atoms with Crippen LogP contribution in [0.1, 0.15) is 25.8 Å². The number of hydroxylamine groups is 2. The molecule has 0 aliphatic carbocycles. The Hall–Kier alpha value is -1.60. The van der Waals surface area contributed by atoms with Crippen LogP contribution in [-0.2, 0) is 11.3 Å². The van der Waals surface area contributed by atoms with Gasteiger partial charge in [-0.1, -0.05) is 30.3 Å². The molecule has 1 heterocycles. The van der Waals surface area contributed by atoms with Gasteiger partial charge in [-0.25, -0.2) is 4.99 Å². The summed E-state index contributed by atoms with van der Waals surface area (Å²) in [6.07, 6.45) is 1.85. The monoisotopic (exact) mass is 355 g/mol. The van der Waals surface area contributed by atoms with Crippen molar-refractivity contribution in [2.75, 3.05) is 6.61 Å². The molecule has 4 N–H and O–H groups in total. The van der Waals surface area contributed by atoms with Crippen LogP contribution in [0.4, 0.5) is 0 Å². The number of nitrogens with zero attached hydrogens (tertiary/aromatic N) is 3. The molecule has 1 aliphatic heterocycles. The van der Waals surface area contributed by atoms with E-state index in [2.05, 4.69) is 22.1 Å². The maximum atomic E-state index is 5.83. The molecule has 0 bridgehead atoms. The SMILES string of the molecule is Br.CC1(C)N=C(N)N=C(N)N1OCCCc1ccccc1. The van der Waals surface area contributed by atoms with E-state index in [1.165, 1.54) is 10.6 Å². The van der Waals surface area contributed by atoms with E-state index in [-0.39, 0.29) is 28.9 Å². The summed E-state index contributed by atoms with van der Waals surface area (Å²) in [6.45, 7) is 4.29. The average molecular weight is 356 g/mol. The predicted octanol–water partition coefficient (Wildman–Crippen LogP) is 1.81. The molecule has 0 saturated heterocycles. The third-order valence-electron chi connectivity index (χ3n) is 3.00. The van der Waals surface area contributed by atoms with Crippen molar-refractivity contribution in [1.82, 2.24) is 5.06 Å². The quantitative estimate of drug-likeness (QED) is 0.788. The number of halogens is 1.